The van der Waals surface area contributed by atoms with Crippen LogP contribution in [-0.4, -0.2) is 41.6 Å². The molecule has 0 saturated carbocycles. The second kappa shape index (κ2) is 7.23. The number of piperazine rings is 1. The Morgan fingerprint density at radius 1 is 0.926 bits per heavy atom. The van der Waals surface area contributed by atoms with Crippen LogP contribution in [0.15, 0.2) is 65.6 Å². The first kappa shape index (κ1) is 17.3. The van der Waals surface area contributed by atoms with E-state index >= 15 is 0 Å². The van der Waals surface area contributed by atoms with E-state index in [1.54, 1.807) is 29.3 Å². The van der Waals surface area contributed by atoms with Gasteiger partial charge >= 0.3 is 0 Å². The van der Waals surface area contributed by atoms with Crippen molar-refractivity contribution in [2.24, 2.45) is 0 Å². The lowest BCUT2D eigenvalue weighted by molar-refractivity contribution is -0.132. The summed E-state index contributed by atoms with van der Waals surface area (Å²) >= 11 is 0. The number of nitrogens with zero attached hydrogens (tertiary/aromatic N) is 3. The highest BCUT2D eigenvalue weighted by Crippen LogP contribution is 2.17. The van der Waals surface area contributed by atoms with Gasteiger partial charge in [-0.15, -0.1) is 0 Å². The van der Waals surface area contributed by atoms with Crippen LogP contribution in [0.3, 0.4) is 0 Å². The van der Waals surface area contributed by atoms with Gasteiger partial charge in [-0.3, -0.25) is 9.59 Å². The van der Waals surface area contributed by atoms with Gasteiger partial charge in [-0.1, -0.05) is 18.2 Å². The summed E-state index contributed by atoms with van der Waals surface area (Å²) in [7, 11) is 0. The molecule has 2 aromatic carbocycles. The van der Waals surface area contributed by atoms with Crippen molar-refractivity contribution in [3.05, 3.63) is 77.0 Å². The van der Waals surface area contributed by atoms with E-state index < -0.39 is 0 Å². The smallest absolute Gasteiger partial charge is 0.258 e. The van der Waals surface area contributed by atoms with E-state index in [0.29, 0.717) is 31.6 Å². The largest absolute Gasteiger partial charge is 0.368 e. The maximum atomic E-state index is 13.1. The molecule has 6 heteroatoms. The molecule has 0 radical (unpaired) electrons. The van der Waals surface area contributed by atoms with Crippen LogP contribution in [-0.2, 0) is 11.3 Å². The average Bonchev–Trinajstić information content (AvgIpc) is 2.71. The van der Waals surface area contributed by atoms with E-state index in [1.165, 1.54) is 16.7 Å². The molecular formula is C21H20FN3O2. The van der Waals surface area contributed by atoms with Crippen molar-refractivity contribution in [3.63, 3.8) is 0 Å². The third-order valence-corrected chi connectivity index (χ3v) is 5.02. The van der Waals surface area contributed by atoms with Gasteiger partial charge in [0, 0.05) is 43.4 Å². The van der Waals surface area contributed by atoms with E-state index in [9.17, 15) is 14.0 Å². The lowest BCUT2D eigenvalue weighted by Crippen LogP contribution is -2.50. The molecule has 1 saturated heterocycles. The fourth-order valence-corrected chi connectivity index (χ4v) is 3.47. The minimum absolute atomic E-state index is 0.0419. The summed E-state index contributed by atoms with van der Waals surface area (Å²) in [5.74, 6) is -0.320. The lowest BCUT2D eigenvalue weighted by Gasteiger charge is -2.36. The van der Waals surface area contributed by atoms with Crippen molar-refractivity contribution >= 4 is 22.4 Å². The predicted molar refractivity (Wildman–Crippen MR) is 103 cm³/mol. The Labute approximate surface area is 156 Å². The summed E-state index contributed by atoms with van der Waals surface area (Å²) in [5.41, 5.74) is 0.806. The summed E-state index contributed by atoms with van der Waals surface area (Å²) < 4.78 is 14.5. The number of fused-ring (bicyclic) bond motifs is 1. The molecule has 1 aliphatic heterocycles. The number of anilines is 1. The van der Waals surface area contributed by atoms with Crippen LogP contribution in [0.5, 0.6) is 0 Å². The van der Waals surface area contributed by atoms with Crippen molar-refractivity contribution < 1.29 is 9.18 Å². The van der Waals surface area contributed by atoms with Crippen LogP contribution in [0.1, 0.15) is 0 Å². The number of aromatic nitrogens is 1. The Morgan fingerprint density at radius 3 is 2.37 bits per heavy atom. The molecule has 1 amide bonds. The van der Waals surface area contributed by atoms with Gasteiger partial charge in [0.1, 0.15) is 12.4 Å². The lowest BCUT2D eigenvalue weighted by atomic mass is 10.2. The number of carbonyl (C=O) groups excluding carboxylic acids is 1. The van der Waals surface area contributed by atoms with Crippen molar-refractivity contribution in [1.29, 1.82) is 0 Å². The van der Waals surface area contributed by atoms with Crippen LogP contribution in [0.4, 0.5) is 10.1 Å². The summed E-state index contributed by atoms with van der Waals surface area (Å²) in [6.07, 6.45) is 1.68. The molecule has 0 bridgehead atoms. The molecule has 0 atom stereocenters. The molecule has 2 heterocycles. The third-order valence-electron chi connectivity index (χ3n) is 5.02. The number of rotatable bonds is 3. The number of hydrogen-bond acceptors (Lipinski definition) is 3. The zero-order valence-electron chi connectivity index (χ0n) is 14.8. The zero-order chi connectivity index (χ0) is 18.8. The standard InChI is InChI=1S/C21H20FN3O2/c22-17-5-7-18(8-6-17)23-11-13-24(14-12-23)20(26)15-25-10-9-16-3-1-2-4-19(16)21(25)27/h1-10H,11-15H2. The van der Waals surface area contributed by atoms with Crippen LogP contribution >= 0.6 is 0 Å². The van der Waals surface area contributed by atoms with Gasteiger partial charge in [0.15, 0.2) is 0 Å². The number of pyridine rings is 1. The van der Waals surface area contributed by atoms with E-state index in [0.717, 1.165) is 11.1 Å². The van der Waals surface area contributed by atoms with Gasteiger partial charge in [-0.2, -0.15) is 0 Å². The van der Waals surface area contributed by atoms with Crippen molar-refractivity contribution in [2.75, 3.05) is 31.1 Å². The van der Waals surface area contributed by atoms with Crippen molar-refractivity contribution in [3.8, 4) is 0 Å². The Kier molecular flexibility index (Phi) is 4.62. The Hall–Kier alpha value is -3.15. The van der Waals surface area contributed by atoms with E-state index in [4.69, 9.17) is 0 Å². The van der Waals surface area contributed by atoms with Gasteiger partial charge < -0.3 is 14.4 Å². The molecule has 1 aliphatic rings. The molecular weight excluding hydrogens is 345 g/mol. The highest BCUT2D eigenvalue weighted by molar-refractivity contribution is 5.82. The minimum Gasteiger partial charge on any atom is -0.368 e. The highest BCUT2D eigenvalue weighted by Gasteiger charge is 2.21. The molecule has 1 fully saturated rings. The molecule has 0 unspecified atom stereocenters. The second-order valence-corrected chi connectivity index (χ2v) is 6.68. The van der Waals surface area contributed by atoms with E-state index in [-0.39, 0.29) is 23.8 Å². The molecule has 0 N–H and O–H groups in total. The number of carbonyl (C=O) groups is 1. The topological polar surface area (TPSA) is 45.6 Å². The summed E-state index contributed by atoms with van der Waals surface area (Å²) in [6, 6.07) is 15.6. The first-order valence-electron chi connectivity index (χ1n) is 8.98. The van der Waals surface area contributed by atoms with Gasteiger partial charge in [0.2, 0.25) is 5.91 Å². The molecule has 4 rings (SSSR count). The summed E-state index contributed by atoms with van der Waals surface area (Å²) in [4.78, 5) is 29.1. The van der Waals surface area contributed by atoms with Gasteiger partial charge in [0.25, 0.3) is 5.56 Å². The normalized spacial score (nSPS) is 14.6. The first-order chi connectivity index (χ1) is 13.1. The maximum absolute atomic E-state index is 13.1. The van der Waals surface area contributed by atoms with Crippen LogP contribution in [0.2, 0.25) is 0 Å². The predicted octanol–water partition coefficient (Wildman–Crippen LogP) is 2.49. The number of amides is 1. The molecule has 0 spiro atoms. The molecule has 138 valence electrons. The highest BCUT2D eigenvalue weighted by atomic mass is 19.1. The monoisotopic (exact) mass is 365 g/mol. The van der Waals surface area contributed by atoms with Gasteiger partial charge in [0.05, 0.1) is 0 Å². The van der Waals surface area contributed by atoms with E-state index in [1.807, 2.05) is 24.3 Å². The fraction of sp³-hybridized carbons (Fsp3) is 0.238. The molecule has 0 aliphatic carbocycles. The molecule has 1 aromatic heterocycles. The van der Waals surface area contributed by atoms with Gasteiger partial charge in [-0.05, 0) is 41.8 Å². The first-order valence-corrected chi connectivity index (χ1v) is 8.98. The third kappa shape index (κ3) is 3.56. The van der Waals surface area contributed by atoms with Crippen molar-refractivity contribution in [2.45, 2.75) is 6.54 Å². The summed E-state index contributed by atoms with van der Waals surface area (Å²) in [6.45, 7) is 2.57. The fourth-order valence-electron chi connectivity index (χ4n) is 3.47. The Bertz CT molecular complexity index is 1020. The number of hydrogen-bond donors (Lipinski definition) is 0. The molecule has 5 nitrogen and oxygen atoms in total. The Balaban J connectivity index is 1.42. The van der Waals surface area contributed by atoms with Crippen LogP contribution < -0.4 is 10.5 Å². The molecule has 3 aromatic rings. The minimum atomic E-state index is -0.256. The maximum Gasteiger partial charge on any atom is 0.258 e. The second-order valence-electron chi connectivity index (χ2n) is 6.68. The van der Waals surface area contributed by atoms with E-state index in [2.05, 4.69) is 4.90 Å². The Morgan fingerprint density at radius 2 is 1.63 bits per heavy atom. The van der Waals surface area contributed by atoms with Crippen LogP contribution in [0, 0.1) is 5.82 Å². The molecule has 27 heavy (non-hydrogen) atoms. The number of benzene rings is 2. The number of halogens is 1. The SMILES string of the molecule is O=C(Cn1ccc2ccccc2c1=O)N1CCN(c2ccc(F)cc2)CC1. The van der Waals surface area contributed by atoms with Crippen LogP contribution in [0.25, 0.3) is 10.8 Å². The van der Waals surface area contributed by atoms with Crippen molar-refractivity contribution in [1.82, 2.24) is 9.47 Å². The quantitative estimate of drug-likeness (QED) is 0.716. The average molecular weight is 365 g/mol. The van der Waals surface area contributed by atoms with Gasteiger partial charge in [-0.25, -0.2) is 4.39 Å². The summed E-state index contributed by atoms with van der Waals surface area (Å²) in [5, 5.41) is 1.49. The zero-order valence-corrected chi connectivity index (χ0v) is 14.8.